The van der Waals surface area contributed by atoms with E-state index in [0.717, 1.165) is 12.3 Å². The summed E-state index contributed by atoms with van der Waals surface area (Å²) in [5.41, 5.74) is -0.994. The number of anilines is 1. The zero-order chi connectivity index (χ0) is 16.3. The first kappa shape index (κ1) is 15.2. The van der Waals surface area contributed by atoms with Gasteiger partial charge in [-0.15, -0.1) is 0 Å². The lowest BCUT2D eigenvalue weighted by molar-refractivity contribution is -0.141. The summed E-state index contributed by atoms with van der Waals surface area (Å²) in [6.07, 6.45) is -3.45. The number of hydrogen-bond donors (Lipinski definition) is 1. The SMILES string of the molecule is FC(F)(F)c1ccnc(NCCOc2ccc3c(c2)OCO3)n1. The number of nitrogens with one attached hydrogen (secondary N) is 1. The van der Waals surface area contributed by atoms with Crippen molar-refractivity contribution in [3.63, 3.8) is 0 Å². The van der Waals surface area contributed by atoms with Crippen LogP contribution in [0.2, 0.25) is 0 Å². The molecule has 1 aromatic carbocycles. The highest BCUT2D eigenvalue weighted by Crippen LogP contribution is 2.35. The van der Waals surface area contributed by atoms with Gasteiger partial charge in [-0.1, -0.05) is 0 Å². The molecule has 0 amide bonds. The number of nitrogens with zero attached hydrogens (tertiary/aromatic N) is 2. The number of fused-ring (bicyclic) bond motifs is 1. The molecule has 2 heterocycles. The summed E-state index contributed by atoms with van der Waals surface area (Å²) < 4.78 is 53.4. The zero-order valence-corrected chi connectivity index (χ0v) is 11.8. The van der Waals surface area contributed by atoms with Crippen LogP contribution in [0, 0.1) is 0 Å². The Hall–Kier alpha value is -2.71. The predicted molar refractivity (Wildman–Crippen MR) is 73.6 cm³/mol. The van der Waals surface area contributed by atoms with Crippen molar-refractivity contribution in [1.29, 1.82) is 0 Å². The number of ether oxygens (including phenoxy) is 3. The van der Waals surface area contributed by atoms with Crippen LogP contribution >= 0.6 is 0 Å². The van der Waals surface area contributed by atoms with Gasteiger partial charge in [-0.3, -0.25) is 0 Å². The van der Waals surface area contributed by atoms with E-state index in [0.29, 0.717) is 17.2 Å². The van der Waals surface area contributed by atoms with Gasteiger partial charge in [0.2, 0.25) is 12.7 Å². The number of rotatable bonds is 5. The summed E-state index contributed by atoms with van der Waals surface area (Å²) in [5.74, 6) is 1.71. The summed E-state index contributed by atoms with van der Waals surface area (Å²) in [7, 11) is 0. The number of benzene rings is 1. The Bertz CT molecular complexity index is 694. The predicted octanol–water partition coefficient (Wildman–Crippen LogP) is 2.72. The Labute approximate surface area is 129 Å². The third-order valence-corrected chi connectivity index (χ3v) is 2.94. The van der Waals surface area contributed by atoms with E-state index in [-0.39, 0.29) is 25.9 Å². The van der Waals surface area contributed by atoms with E-state index in [1.165, 1.54) is 0 Å². The highest BCUT2D eigenvalue weighted by molar-refractivity contribution is 5.46. The lowest BCUT2D eigenvalue weighted by Crippen LogP contribution is -2.15. The molecule has 23 heavy (non-hydrogen) atoms. The largest absolute Gasteiger partial charge is 0.492 e. The lowest BCUT2D eigenvalue weighted by atomic mass is 10.3. The van der Waals surface area contributed by atoms with Crippen molar-refractivity contribution in [2.24, 2.45) is 0 Å². The van der Waals surface area contributed by atoms with E-state index in [1.807, 2.05) is 0 Å². The number of hydrogen-bond acceptors (Lipinski definition) is 6. The molecule has 2 aromatic rings. The van der Waals surface area contributed by atoms with E-state index in [9.17, 15) is 13.2 Å². The van der Waals surface area contributed by atoms with Crippen LogP contribution in [0.4, 0.5) is 19.1 Å². The fourth-order valence-electron chi connectivity index (χ4n) is 1.90. The summed E-state index contributed by atoms with van der Waals surface area (Å²) in [6, 6.07) is 5.94. The first-order valence-electron chi connectivity index (χ1n) is 6.69. The topological polar surface area (TPSA) is 65.5 Å². The van der Waals surface area contributed by atoms with Gasteiger partial charge in [-0.25, -0.2) is 9.97 Å². The normalized spacial score (nSPS) is 13.0. The summed E-state index contributed by atoms with van der Waals surface area (Å²) in [5, 5.41) is 2.68. The van der Waals surface area contributed by atoms with Gasteiger partial charge < -0.3 is 19.5 Å². The molecule has 0 unspecified atom stereocenters. The van der Waals surface area contributed by atoms with Crippen LogP contribution in [0.1, 0.15) is 5.69 Å². The molecule has 3 rings (SSSR count). The Morgan fingerprint density at radius 1 is 1.17 bits per heavy atom. The van der Waals surface area contributed by atoms with Gasteiger partial charge in [0.1, 0.15) is 18.1 Å². The molecule has 0 atom stereocenters. The Kier molecular flexibility index (Phi) is 4.09. The second-order valence-electron chi connectivity index (χ2n) is 4.55. The van der Waals surface area contributed by atoms with Crippen LogP contribution in [0.5, 0.6) is 17.2 Å². The van der Waals surface area contributed by atoms with E-state index < -0.39 is 11.9 Å². The lowest BCUT2D eigenvalue weighted by Gasteiger charge is -2.10. The fourth-order valence-corrected chi connectivity index (χ4v) is 1.90. The van der Waals surface area contributed by atoms with Crippen molar-refractivity contribution in [1.82, 2.24) is 9.97 Å². The van der Waals surface area contributed by atoms with Crippen LogP contribution < -0.4 is 19.5 Å². The first-order valence-corrected chi connectivity index (χ1v) is 6.69. The van der Waals surface area contributed by atoms with E-state index in [2.05, 4.69) is 15.3 Å². The van der Waals surface area contributed by atoms with Gasteiger partial charge in [0.15, 0.2) is 11.5 Å². The summed E-state index contributed by atoms with van der Waals surface area (Å²) in [6.45, 7) is 0.641. The first-order chi connectivity index (χ1) is 11.0. The van der Waals surface area contributed by atoms with Crippen LogP contribution in [-0.2, 0) is 6.18 Å². The average Bonchev–Trinajstić information content (AvgIpc) is 2.99. The monoisotopic (exact) mass is 327 g/mol. The summed E-state index contributed by atoms with van der Waals surface area (Å²) in [4.78, 5) is 7.13. The van der Waals surface area contributed by atoms with Crippen LogP contribution in [0.15, 0.2) is 30.5 Å². The highest BCUT2D eigenvalue weighted by Gasteiger charge is 2.32. The number of alkyl halides is 3. The molecule has 122 valence electrons. The van der Waals surface area contributed by atoms with E-state index >= 15 is 0 Å². The quantitative estimate of drug-likeness (QED) is 0.852. The van der Waals surface area contributed by atoms with Crippen LogP contribution in [0.25, 0.3) is 0 Å². The number of halogens is 3. The molecule has 1 aromatic heterocycles. The molecule has 0 saturated heterocycles. The molecule has 0 saturated carbocycles. The molecule has 1 aliphatic rings. The molecular weight excluding hydrogens is 315 g/mol. The molecule has 6 nitrogen and oxygen atoms in total. The standard InChI is InChI=1S/C14H12F3N3O3/c15-14(16,17)12-3-4-18-13(20-12)19-5-6-21-9-1-2-10-11(7-9)23-8-22-10/h1-4,7H,5-6,8H2,(H,18,19,20). The van der Waals surface area contributed by atoms with E-state index in [1.54, 1.807) is 18.2 Å². The molecule has 0 radical (unpaired) electrons. The molecule has 0 spiro atoms. The average molecular weight is 327 g/mol. The van der Waals surface area contributed by atoms with Crippen LogP contribution in [-0.4, -0.2) is 29.9 Å². The van der Waals surface area contributed by atoms with Gasteiger partial charge in [-0.2, -0.15) is 13.2 Å². The maximum atomic E-state index is 12.5. The molecule has 0 fully saturated rings. The van der Waals surface area contributed by atoms with Crippen molar-refractivity contribution < 1.29 is 27.4 Å². The third-order valence-electron chi connectivity index (χ3n) is 2.94. The second-order valence-corrected chi connectivity index (χ2v) is 4.55. The molecule has 9 heteroatoms. The fraction of sp³-hybridized carbons (Fsp3) is 0.286. The molecule has 0 bridgehead atoms. The van der Waals surface area contributed by atoms with Crippen molar-refractivity contribution in [3.05, 3.63) is 36.2 Å². The zero-order valence-electron chi connectivity index (χ0n) is 11.8. The minimum Gasteiger partial charge on any atom is -0.492 e. The minimum absolute atomic E-state index is 0.103. The van der Waals surface area contributed by atoms with Crippen molar-refractivity contribution in [2.75, 3.05) is 25.3 Å². The third kappa shape index (κ3) is 3.74. The van der Waals surface area contributed by atoms with Crippen molar-refractivity contribution in [2.45, 2.75) is 6.18 Å². The molecular formula is C14H12F3N3O3. The molecule has 0 aliphatic carbocycles. The van der Waals surface area contributed by atoms with Crippen molar-refractivity contribution >= 4 is 5.95 Å². The summed E-state index contributed by atoms with van der Waals surface area (Å²) >= 11 is 0. The number of aromatic nitrogens is 2. The Morgan fingerprint density at radius 3 is 2.83 bits per heavy atom. The van der Waals surface area contributed by atoms with Gasteiger partial charge in [0.25, 0.3) is 0 Å². The smallest absolute Gasteiger partial charge is 0.433 e. The van der Waals surface area contributed by atoms with Gasteiger partial charge >= 0.3 is 6.18 Å². The van der Waals surface area contributed by atoms with E-state index in [4.69, 9.17) is 14.2 Å². The van der Waals surface area contributed by atoms with Gasteiger partial charge in [0, 0.05) is 12.3 Å². The maximum absolute atomic E-state index is 12.5. The van der Waals surface area contributed by atoms with Crippen LogP contribution in [0.3, 0.4) is 0 Å². The van der Waals surface area contributed by atoms with Gasteiger partial charge in [0.05, 0.1) is 6.54 Å². The maximum Gasteiger partial charge on any atom is 0.433 e. The second kappa shape index (κ2) is 6.19. The Morgan fingerprint density at radius 2 is 2.00 bits per heavy atom. The molecule has 1 N–H and O–H groups in total. The molecule has 1 aliphatic heterocycles. The van der Waals surface area contributed by atoms with Gasteiger partial charge in [-0.05, 0) is 18.2 Å². The minimum atomic E-state index is -4.50. The Balaban J connectivity index is 1.50. The van der Waals surface area contributed by atoms with Crippen molar-refractivity contribution in [3.8, 4) is 17.2 Å². The highest BCUT2D eigenvalue weighted by atomic mass is 19.4.